The number of alkyl halides is 3. The Balaban J connectivity index is 1.81. The first kappa shape index (κ1) is 16.3. The predicted molar refractivity (Wildman–Crippen MR) is 72.4 cm³/mol. The van der Waals surface area contributed by atoms with E-state index in [1.165, 1.54) is 0 Å². The minimum atomic E-state index is -4.53. The highest BCUT2D eigenvalue weighted by Gasteiger charge is 2.33. The van der Waals surface area contributed by atoms with Crippen molar-refractivity contribution in [3.8, 4) is 0 Å². The molecule has 0 unspecified atom stereocenters. The fourth-order valence-corrected chi connectivity index (χ4v) is 2.18. The molecule has 1 aliphatic rings. The molecular formula is C12H16ClF3N4O. The van der Waals surface area contributed by atoms with Crippen LogP contribution < -0.4 is 5.32 Å². The van der Waals surface area contributed by atoms with Crippen LogP contribution >= 0.6 is 11.6 Å². The Morgan fingerprint density at radius 2 is 2.00 bits per heavy atom. The van der Waals surface area contributed by atoms with E-state index in [9.17, 15) is 13.2 Å². The van der Waals surface area contributed by atoms with Gasteiger partial charge in [0.15, 0.2) is 5.69 Å². The summed E-state index contributed by atoms with van der Waals surface area (Å²) in [7, 11) is 0. The summed E-state index contributed by atoms with van der Waals surface area (Å²) in [5.41, 5.74) is -1.04. The lowest BCUT2D eigenvalue weighted by atomic mass is 10.3. The highest BCUT2D eigenvalue weighted by atomic mass is 35.5. The van der Waals surface area contributed by atoms with E-state index in [1.807, 2.05) is 0 Å². The molecular weight excluding hydrogens is 309 g/mol. The van der Waals surface area contributed by atoms with E-state index in [1.54, 1.807) is 0 Å². The second kappa shape index (κ2) is 7.24. The molecule has 0 radical (unpaired) electrons. The number of hydrogen-bond donors (Lipinski definition) is 1. The topological polar surface area (TPSA) is 50.3 Å². The molecule has 2 rings (SSSR count). The molecule has 118 valence electrons. The lowest BCUT2D eigenvalue weighted by molar-refractivity contribution is -0.141. The molecule has 21 heavy (non-hydrogen) atoms. The molecule has 0 spiro atoms. The highest BCUT2D eigenvalue weighted by Crippen LogP contribution is 2.29. The third-order valence-corrected chi connectivity index (χ3v) is 3.22. The number of morpholine rings is 1. The first-order chi connectivity index (χ1) is 9.95. The van der Waals surface area contributed by atoms with E-state index in [0.29, 0.717) is 6.54 Å². The number of rotatable bonds is 5. The number of nitrogens with zero attached hydrogens (tertiary/aromatic N) is 3. The van der Waals surface area contributed by atoms with E-state index in [2.05, 4.69) is 20.2 Å². The van der Waals surface area contributed by atoms with E-state index < -0.39 is 17.2 Å². The normalized spacial score (nSPS) is 17.0. The standard InChI is InChI=1S/C12H16ClF3N4O/c13-11-18-9(12(14,15)16)8-10(19-11)17-2-1-3-20-4-6-21-7-5-20/h8H,1-7H2,(H,17,18,19). The highest BCUT2D eigenvalue weighted by molar-refractivity contribution is 6.28. The molecule has 1 aromatic heterocycles. The van der Waals surface area contributed by atoms with Crippen LogP contribution in [0.2, 0.25) is 5.28 Å². The molecule has 1 fully saturated rings. The molecule has 0 atom stereocenters. The van der Waals surface area contributed by atoms with Crippen molar-refractivity contribution in [2.45, 2.75) is 12.6 Å². The van der Waals surface area contributed by atoms with Crippen LogP contribution in [0.4, 0.5) is 19.0 Å². The lowest BCUT2D eigenvalue weighted by Gasteiger charge is -2.26. The Labute approximate surface area is 125 Å². The van der Waals surface area contributed by atoms with Crippen LogP contribution in [0.3, 0.4) is 0 Å². The van der Waals surface area contributed by atoms with Crippen molar-refractivity contribution in [1.29, 1.82) is 0 Å². The molecule has 1 N–H and O–H groups in total. The second-order valence-electron chi connectivity index (χ2n) is 4.64. The van der Waals surface area contributed by atoms with Gasteiger partial charge in [0.2, 0.25) is 5.28 Å². The molecule has 9 heteroatoms. The number of nitrogens with one attached hydrogen (secondary N) is 1. The SMILES string of the molecule is FC(F)(F)c1cc(NCCCN2CCOCC2)nc(Cl)n1. The Bertz CT molecular complexity index is 466. The van der Waals surface area contributed by atoms with Gasteiger partial charge in [-0.25, -0.2) is 9.97 Å². The molecule has 0 bridgehead atoms. The van der Waals surface area contributed by atoms with Gasteiger partial charge >= 0.3 is 6.18 Å². The molecule has 0 aliphatic carbocycles. The van der Waals surface area contributed by atoms with Crippen molar-refractivity contribution in [2.75, 3.05) is 44.7 Å². The summed E-state index contributed by atoms with van der Waals surface area (Å²) in [6.07, 6.45) is -3.74. The number of aromatic nitrogens is 2. The first-order valence-electron chi connectivity index (χ1n) is 6.61. The van der Waals surface area contributed by atoms with Gasteiger partial charge in [-0.1, -0.05) is 0 Å². The zero-order valence-electron chi connectivity index (χ0n) is 11.3. The Morgan fingerprint density at radius 1 is 1.29 bits per heavy atom. The smallest absolute Gasteiger partial charge is 0.379 e. The number of anilines is 1. The number of ether oxygens (including phenoxy) is 1. The minimum absolute atomic E-state index is 0.0873. The van der Waals surface area contributed by atoms with Crippen molar-refractivity contribution >= 4 is 17.4 Å². The molecule has 0 aromatic carbocycles. The van der Waals surface area contributed by atoms with E-state index in [0.717, 1.165) is 45.3 Å². The van der Waals surface area contributed by atoms with Crippen molar-refractivity contribution in [1.82, 2.24) is 14.9 Å². The maximum absolute atomic E-state index is 12.6. The monoisotopic (exact) mass is 324 g/mol. The summed E-state index contributed by atoms with van der Waals surface area (Å²) in [5.74, 6) is 0.0873. The van der Waals surface area contributed by atoms with Crippen LogP contribution in [-0.4, -0.2) is 54.3 Å². The van der Waals surface area contributed by atoms with Crippen LogP contribution in [0.1, 0.15) is 12.1 Å². The first-order valence-corrected chi connectivity index (χ1v) is 6.99. The van der Waals surface area contributed by atoms with Crippen LogP contribution in [0.15, 0.2) is 6.07 Å². The van der Waals surface area contributed by atoms with Crippen LogP contribution in [0.5, 0.6) is 0 Å². The van der Waals surface area contributed by atoms with Crippen LogP contribution in [-0.2, 0) is 10.9 Å². The van der Waals surface area contributed by atoms with Crippen molar-refractivity contribution in [3.63, 3.8) is 0 Å². The molecule has 2 heterocycles. The quantitative estimate of drug-likeness (QED) is 0.665. The Kier molecular flexibility index (Phi) is 5.60. The molecule has 5 nitrogen and oxygen atoms in total. The zero-order valence-corrected chi connectivity index (χ0v) is 12.0. The fraction of sp³-hybridized carbons (Fsp3) is 0.667. The summed E-state index contributed by atoms with van der Waals surface area (Å²) >= 11 is 5.51. The molecule has 1 aliphatic heterocycles. The molecule has 1 aromatic rings. The fourth-order valence-electron chi connectivity index (χ4n) is 2.00. The van der Waals surface area contributed by atoms with Gasteiger partial charge in [0.1, 0.15) is 5.82 Å². The summed E-state index contributed by atoms with van der Waals surface area (Å²) < 4.78 is 43.0. The minimum Gasteiger partial charge on any atom is -0.379 e. The van der Waals surface area contributed by atoms with Gasteiger partial charge in [-0.15, -0.1) is 0 Å². The largest absolute Gasteiger partial charge is 0.433 e. The van der Waals surface area contributed by atoms with Crippen LogP contribution in [0.25, 0.3) is 0 Å². The summed E-state index contributed by atoms with van der Waals surface area (Å²) in [6.45, 7) is 4.60. The average Bonchev–Trinajstić information content (AvgIpc) is 2.43. The maximum Gasteiger partial charge on any atom is 0.433 e. The number of halogens is 4. The second-order valence-corrected chi connectivity index (χ2v) is 4.98. The van der Waals surface area contributed by atoms with Crippen molar-refractivity contribution in [3.05, 3.63) is 17.0 Å². The zero-order chi connectivity index (χ0) is 15.3. The summed E-state index contributed by atoms with van der Waals surface area (Å²) in [6, 6.07) is 0.862. The lowest BCUT2D eigenvalue weighted by Crippen LogP contribution is -2.37. The maximum atomic E-state index is 12.6. The van der Waals surface area contributed by atoms with Crippen molar-refractivity contribution in [2.24, 2.45) is 0 Å². The molecule has 0 saturated carbocycles. The summed E-state index contributed by atoms with van der Waals surface area (Å²) in [4.78, 5) is 9.16. The third-order valence-electron chi connectivity index (χ3n) is 3.05. The van der Waals surface area contributed by atoms with Crippen molar-refractivity contribution < 1.29 is 17.9 Å². The van der Waals surface area contributed by atoms with Gasteiger partial charge in [-0.05, 0) is 24.6 Å². The van der Waals surface area contributed by atoms with Gasteiger partial charge < -0.3 is 10.1 Å². The van der Waals surface area contributed by atoms with E-state index in [-0.39, 0.29) is 5.82 Å². The average molecular weight is 325 g/mol. The third kappa shape index (κ3) is 5.29. The van der Waals surface area contributed by atoms with Gasteiger partial charge in [-0.3, -0.25) is 4.90 Å². The Hall–Kier alpha value is -1.12. The number of hydrogen-bond acceptors (Lipinski definition) is 5. The molecule has 0 amide bonds. The van der Waals surface area contributed by atoms with Gasteiger partial charge in [0.05, 0.1) is 13.2 Å². The van der Waals surface area contributed by atoms with Crippen LogP contribution in [0, 0.1) is 0 Å². The van der Waals surface area contributed by atoms with Gasteiger partial charge in [0.25, 0.3) is 0 Å². The van der Waals surface area contributed by atoms with E-state index >= 15 is 0 Å². The Morgan fingerprint density at radius 3 is 2.67 bits per heavy atom. The van der Waals surface area contributed by atoms with E-state index in [4.69, 9.17) is 16.3 Å². The predicted octanol–water partition coefficient (Wildman–Crippen LogP) is 2.28. The van der Waals surface area contributed by atoms with Gasteiger partial charge in [0, 0.05) is 25.7 Å². The molecule has 1 saturated heterocycles. The summed E-state index contributed by atoms with van der Waals surface area (Å²) in [5, 5.41) is 2.43. The van der Waals surface area contributed by atoms with Gasteiger partial charge in [-0.2, -0.15) is 13.2 Å².